The van der Waals surface area contributed by atoms with E-state index in [-0.39, 0.29) is 24.2 Å². The average Bonchev–Trinajstić information content (AvgIpc) is 2.92. The number of nitrogens with zero attached hydrogens (tertiary/aromatic N) is 1. The number of hydrogen-bond acceptors (Lipinski definition) is 2. The fourth-order valence-corrected chi connectivity index (χ4v) is 2.89. The van der Waals surface area contributed by atoms with E-state index in [9.17, 15) is 9.59 Å². The Bertz CT molecular complexity index is 740. The van der Waals surface area contributed by atoms with Crippen LogP contribution >= 0.6 is 0 Å². The van der Waals surface area contributed by atoms with Crippen LogP contribution in [0, 0.1) is 19.8 Å². The topological polar surface area (TPSA) is 49.4 Å². The fraction of sp³-hybridized carbons (Fsp3) is 0.263. The highest BCUT2D eigenvalue weighted by molar-refractivity contribution is 6.03. The Hall–Kier alpha value is -2.62. The molecule has 0 unspecified atom stereocenters. The molecule has 118 valence electrons. The first-order valence-electron chi connectivity index (χ1n) is 7.78. The van der Waals surface area contributed by atoms with Crippen LogP contribution in [0.2, 0.25) is 0 Å². The van der Waals surface area contributed by atoms with E-state index in [0.29, 0.717) is 6.54 Å². The monoisotopic (exact) mass is 308 g/mol. The lowest BCUT2D eigenvalue weighted by Gasteiger charge is -2.19. The second kappa shape index (κ2) is 6.24. The molecule has 1 heterocycles. The summed E-state index contributed by atoms with van der Waals surface area (Å²) in [5.41, 5.74) is 3.82. The maximum Gasteiger partial charge on any atom is 0.229 e. The van der Waals surface area contributed by atoms with Gasteiger partial charge in [-0.25, -0.2) is 0 Å². The van der Waals surface area contributed by atoms with Crippen LogP contribution in [0.25, 0.3) is 0 Å². The molecule has 0 saturated carbocycles. The van der Waals surface area contributed by atoms with Crippen molar-refractivity contribution in [2.24, 2.45) is 5.92 Å². The van der Waals surface area contributed by atoms with Crippen molar-refractivity contribution in [3.63, 3.8) is 0 Å². The SMILES string of the molecule is Cc1ccc(C)c(N2C[C@@H](C(=O)Nc3ccccc3)CC2=O)c1. The Morgan fingerprint density at radius 2 is 1.87 bits per heavy atom. The number of amides is 2. The number of carbonyl (C=O) groups excluding carboxylic acids is 2. The van der Waals surface area contributed by atoms with Gasteiger partial charge in [0.2, 0.25) is 11.8 Å². The zero-order valence-electron chi connectivity index (χ0n) is 13.4. The molecule has 0 bridgehead atoms. The van der Waals surface area contributed by atoms with Crippen LogP contribution in [-0.4, -0.2) is 18.4 Å². The molecule has 1 aliphatic rings. The number of aryl methyl sites for hydroxylation is 2. The van der Waals surface area contributed by atoms with Gasteiger partial charge in [-0.15, -0.1) is 0 Å². The van der Waals surface area contributed by atoms with Crippen molar-refractivity contribution < 1.29 is 9.59 Å². The smallest absolute Gasteiger partial charge is 0.229 e. The Kier molecular flexibility index (Phi) is 4.15. The molecule has 1 N–H and O–H groups in total. The summed E-state index contributed by atoms with van der Waals surface area (Å²) < 4.78 is 0. The van der Waals surface area contributed by atoms with Gasteiger partial charge in [0.25, 0.3) is 0 Å². The third-order valence-electron chi connectivity index (χ3n) is 4.19. The van der Waals surface area contributed by atoms with Crippen LogP contribution < -0.4 is 10.2 Å². The van der Waals surface area contributed by atoms with Crippen LogP contribution in [0.4, 0.5) is 11.4 Å². The Labute approximate surface area is 136 Å². The van der Waals surface area contributed by atoms with E-state index in [1.165, 1.54) is 0 Å². The van der Waals surface area contributed by atoms with Gasteiger partial charge in [-0.1, -0.05) is 30.3 Å². The lowest BCUT2D eigenvalue weighted by atomic mass is 10.1. The molecule has 0 spiro atoms. The van der Waals surface area contributed by atoms with Gasteiger partial charge >= 0.3 is 0 Å². The lowest BCUT2D eigenvalue weighted by Crippen LogP contribution is -2.28. The number of rotatable bonds is 3. The van der Waals surface area contributed by atoms with Gasteiger partial charge in [-0.2, -0.15) is 0 Å². The van der Waals surface area contributed by atoms with Crippen molar-refractivity contribution in [2.75, 3.05) is 16.8 Å². The highest BCUT2D eigenvalue weighted by Crippen LogP contribution is 2.29. The number of benzene rings is 2. The third-order valence-corrected chi connectivity index (χ3v) is 4.19. The zero-order valence-corrected chi connectivity index (χ0v) is 13.4. The molecular formula is C19H20N2O2. The first kappa shape index (κ1) is 15.3. The van der Waals surface area contributed by atoms with Crippen molar-refractivity contribution in [1.82, 2.24) is 0 Å². The maximum absolute atomic E-state index is 12.4. The predicted molar refractivity (Wildman–Crippen MR) is 91.4 cm³/mol. The van der Waals surface area contributed by atoms with Gasteiger partial charge < -0.3 is 10.2 Å². The largest absolute Gasteiger partial charge is 0.326 e. The fourth-order valence-electron chi connectivity index (χ4n) is 2.89. The third kappa shape index (κ3) is 3.26. The van der Waals surface area contributed by atoms with Gasteiger partial charge in [0, 0.05) is 24.3 Å². The Balaban J connectivity index is 1.74. The molecule has 2 aromatic rings. The van der Waals surface area contributed by atoms with Crippen molar-refractivity contribution in [2.45, 2.75) is 20.3 Å². The highest BCUT2D eigenvalue weighted by atomic mass is 16.2. The van der Waals surface area contributed by atoms with Gasteiger partial charge in [-0.05, 0) is 43.2 Å². The van der Waals surface area contributed by atoms with Gasteiger partial charge in [0.15, 0.2) is 0 Å². The van der Waals surface area contributed by atoms with Crippen LogP contribution in [0.5, 0.6) is 0 Å². The molecular weight excluding hydrogens is 288 g/mol. The molecule has 1 saturated heterocycles. The Morgan fingerprint density at radius 1 is 1.13 bits per heavy atom. The first-order valence-corrected chi connectivity index (χ1v) is 7.78. The second-order valence-electron chi connectivity index (χ2n) is 6.05. The summed E-state index contributed by atoms with van der Waals surface area (Å²) in [7, 11) is 0. The summed E-state index contributed by atoms with van der Waals surface area (Å²) in [6.45, 7) is 4.42. The summed E-state index contributed by atoms with van der Waals surface area (Å²) in [6.07, 6.45) is 0.256. The van der Waals surface area contributed by atoms with Crippen LogP contribution in [0.15, 0.2) is 48.5 Å². The van der Waals surface area contributed by atoms with E-state index in [1.54, 1.807) is 4.90 Å². The minimum Gasteiger partial charge on any atom is -0.326 e. The summed E-state index contributed by atoms with van der Waals surface area (Å²) in [5.74, 6) is -0.410. The predicted octanol–water partition coefficient (Wildman–Crippen LogP) is 3.30. The minimum atomic E-state index is -0.317. The molecule has 1 fully saturated rings. The highest BCUT2D eigenvalue weighted by Gasteiger charge is 2.35. The summed E-state index contributed by atoms with van der Waals surface area (Å²) in [6, 6.07) is 15.4. The molecule has 0 aliphatic carbocycles. The van der Waals surface area contributed by atoms with E-state index < -0.39 is 0 Å². The number of carbonyl (C=O) groups is 2. The molecule has 3 rings (SSSR count). The normalized spacial score (nSPS) is 17.4. The minimum absolute atomic E-state index is 0.00640. The van der Waals surface area contributed by atoms with Gasteiger partial charge in [0.1, 0.15) is 0 Å². The summed E-state index contributed by atoms with van der Waals surface area (Å²) >= 11 is 0. The molecule has 0 aromatic heterocycles. The van der Waals surface area contributed by atoms with Crippen LogP contribution in [-0.2, 0) is 9.59 Å². The number of para-hydroxylation sites is 1. The summed E-state index contributed by atoms with van der Waals surface area (Å²) in [4.78, 5) is 26.5. The summed E-state index contributed by atoms with van der Waals surface area (Å²) in [5, 5.41) is 2.88. The maximum atomic E-state index is 12.4. The van der Waals surface area contributed by atoms with E-state index >= 15 is 0 Å². The molecule has 2 aromatic carbocycles. The molecule has 2 amide bonds. The molecule has 0 radical (unpaired) electrons. The number of hydrogen-bond donors (Lipinski definition) is 1. The van der Waals surface area contributed by atoms with Crippen molar-refractivity contribution in [3.05, 3.63) is 59.7 Å². The molecule has 4 nitrogen and oxygen atoms in total. The van der Waals surface area contributed by atoms with Gasteiger partial charge in [-0.3, -0.25) is 9.59 Å². The van der Waals surface area contributed by atoms with Crippen LogP contribution in [0.1, 0.15) is 17.5 Å². The van der Waals surface area contributed by atoms with Crippen LogP contribution in [0.3, 0.4) is 0 Å². The van der Waals surface area contributed by atoms with Gasteiger partial charge in [0.05, 0.1) is 5.92 Å². The van der Waals surface area contributed by atoms with Crippen molar-refractivity contribution >= 4 is 23.2 Å². The molecule has 1 atom stereocenters. The Morgan fingerprint density at radius 3 is 2.61 bits per heavy atom. The lowest BCUT2D eigenvalue weighted by molar-refractivity contribution is -0.122. The van der Waals surface area contributed by atoms with Crippen molar-refractivity contribution in [3.8, 4) is 0 Å². The molecule has 1 aliphatic heterocycles. The zero-order chi connectivity index (χ0) is 16.4. The average molecular weight is 308 g/mol. The van der Waals surface area contributed by atoms with E-state index in [2.05, 4.69) is 5.32 Å². The number of anilines is 2. The van der Waals surface area contributed by atoms with Crippen molar-refractivity contribution in [1.29, 1.82) is 0 Å². The van der Waals surface area contributed by atoms with E-state index in [4.69, 9.17) is 0 Å². The van der Waals surface area contributed by atoms with E-state index in [0.717, 1.165) is 22.5 Å². The second-order valence-corrected chi connectivity index (χ2v) is 6.05. The number of nitrogens with one attached hydrogen (secondary N) is 1. The quantitative estimate of drug-likeness (QED) is 0.946. The first-order chi connectivity index (χ1) is 11.0. The van der Waals surface area contributed by atoms with E-state index in [1.807, 2.05) is 62.4 Å². The molecule has 4 heteroatoms. The standard InChI is InChI=1S/C19H20N2O2/c1-13-8-9-14(2)17(10-13)21-12-15(11-18(21)22)19(23)20-16-6-4-3-5-7-16/h3-10,15H,11-12H2,1-2H3,(H,20,23)/t15-/m0/s1. The molecule has 23 heavy (non-hydrogen) atoms.